The molecule has 4 saturated heterocycles. The molecular weight excluding hydrogens is 1850 g/mol. The first-order valence-electron chi connectivity index (χ1n) is 42.7. The number of ether oxygens (including phenoxy) is 1. The van der Waals surface area contributed by atoms with Gasteiger partial charge in [0, 0.05) is 105 Å². The summed E-state index contributed by atoms with van der Waals surface area (Å²) >= 11 is 0. The summed E-state index contributed by atoms with van der Waals surface area (Å²) in [6.07, 6.45) is -0.787. The molecule has 2 saturated carbocycles. The molecule has 8 aromatic rings. The molecule has 0 radical (unpaired) electrons. The Morgan fingerprint density at radius 2 is 0.781 bits per heavy atom. The summed E-state index contributed by atoms with van der Waals surface area (Å²) in [5.41, 5.74) is -13.7. The van der Waals surface area contributed by atoms with Crippen LogP contribution in [0.3, 0.4) is 0 Å². The molecule has 7 aromatic carbocycles. The fourth-order valence-corrected chi connectivity index (χ4v) is 17.1. The largest absolute Gasteiger partial charge is 0.444 e. The number of hydrogen-bond donors (Lipinski definition) is 9. The second kappa shape index (κ2) is 40.1. The van der Waals surface area contributed by atoms with Gasteiger partial charge in [-0.15, -0.1) is 0 Å². The van der Waals surface area contributed by atoms with E-state index in [-0.39, 0.29) is 101 Å². The minimum absolute atomic E-state index is 0.00261. The summed E-state index contributed by atoms with van der Waals surface area (Å²) in [6, 6.07) is 18.0. The number of alkyl carbamates (subject to hydrolysis) is 1. The zero-order valence-corrected chi connectivity index (χ0v) is 74.7. The monoisotopic (exact) mass is 1950 g/mol. The number of pyridine rings is 1. The zero-order valence-electron chi connectivity index (χ0n) is 74.7. The van der Waals surface area contributed by atoms with E-state index in [4.69, 9.17) is 4.74 Å². The summed E-state index contributed by atoms with van der Waals surface area (Å²) in [7, 11) is 0. The maximum Gasteiger partial charge on any atom is 0.408 e. The first kappa shape index (κ1) is 105. The van der Waals surface area contributed by atoms with Crippen LogP contribution >= 0.6 is 0 Å². The van der Waals surface area contributed by atoms with Crippen molar-refractivity contribution in [2.24, 2.45) is 0 Å². The van der Waals surface area contributed by atoms with E-state index in [9.17, 15) is 124 Å². The van der Waals surface area contributed by atoms with Gasteiger partial charge in [0.2, 0.25) is 5.95 Å². The lowest BCUT2D eigenvalue weighted by molar-refractivity contribution is -0.167. The van der Waals surface area contributed by atoms with E-state index >= 15 is 17.6 Å². The number of anilines is 4. The van der Waals surface area contributed by atoms with Gasteiger partial charge in [-0.2, -0.15) is 39.5 Å². The number of halogens is 20. The predicted octanol–water partition coefficient (Wildman–Crippen LogP) is 18.4. The molecule has 4 aliphatic heterocycles. The number of aryl methyl sites for hydroxylation is 4. The number of nitrogens with one attached hydrogen (secondary N) is 6. The highest BCUT2D eigenvalue weighted by Gasteiger charge is 2.59. The lowest BCUT2D eigenvalue weighted by Gasteiger charge is -2.42. The van der Waals surface area contributed by atoms with Crippen LogP contribution in [0.4, 0.5) is 115 Å². The molecule has 6 aliphatic rings. The molecule has 137 heavy (non-hydrogen) atoms. The van der Waals surface area contributed by atoms with Gasteiger partial charge in [0.1, 0.15) is 34.7 Å². The van der Waals surface area contributed by atoms with Crippen molar-refractivity contribution in [3.8, 4) is 0 Å². The highest BCUT2D eigenvalue weighted by molar-refractivity contribution is 6.07. The Labute approximate surface area is 771 Å². The van der Waals surface area contributed by atoms with Gasteiger partial charge >= 0.3 is 29.8 Å². The van der Waals surface area contributed by atoms with Crippen molar-refractivity contribution >= 4 is 70.2 Å². The number of carbonyl (C=O) groups excluding carboxylic acids is 8. The first-order valence-corrected chi connectivity index (χ1v) is 42.7. The number of fused-ring (bicyclic) bond motifs is 4. The van der Waals surface area contributed by atoms with Crippen LogP contribution < -0.4 is 31.9 Å². The van der Waals surface area contributed by atoms with Crippen molar-refractivity contribution in [3.05, 3.63) is 265 Å². The molecule has 6 unspecified atom stereocenters. The standard InChI is InChI=1S/C28H31F4N3O4.C24H23F5N2O2.C22H20F6N2O3.C21H20F5N3O3/c1-16-13-18(6-8-20(16)29)33-22(36)17-5-7-21(30)19(14-17)28(31,32)23(37)34-26-9-11-27(15-26,12-10-26)35-24(38)39-25(2,3)4;1-12-7-15(9-21(26)22(12)27)30-23(33)14-3-6-20(25)19(8-14)24(28,29)13(2)31-16-4-5-17(31)11-18(32)10-16;1-11-7-13(9-16(24)18(11)25)29-19(32)12-3-4-15(23)14(8-12)22(27,28)20(33)30-6-5-17(31)21(2,26)10-30;1-11-7-13(9-17(23)27-11)28-18(31)12-3-4-15(22)14(8-12)21(25,26)19(32)29-6-5-16(30)20(2,24)10-29/h5-8,13-14H,9-12,15H2,1-4H3,(H,33,36)(H,34,37)(H,35,38);3,6-9,16-18,32H,2,4-5,10-11H2,1H3,(H,30,33);3-4,7-9,17,31H,5-6,10H2,1-2H3,(H,29,32);3-4,7-9,16,30H,5-6,10H2,1-2H3,(H,27,28,31)/t;16-,17?,18?;;/m.1../s1. The number of piperidine rings is 3. The van der Waals surface area contributed by atoms with Gasteiger partial charge in [-0.25, -0.2) is 58.1 Å². The van der Waals surface area contributed by atoms with E-state index < -0.39 is 228 Å². The number of nitrogens with zero attached hydrogens (tertiary/aromatic N) is 4. The van der Waals surface area contributed by atoms with Crippen LogP contribution in [0.5, 0.6) is 0 Å². The maximum absolute atomic E-state index is 15.4. The molecule has 9 N–H and O–H groups in total. The van der Waals surface area contributed by atoms with Crippen molar-refractivity contribution < 1.29 is 146 Å². The first-order chi connectivity index (χ1) is 63.6. The van der Waals surface area contributed by atoms with Crippen molar-refractivity contribution in [1.29, 1.82) is 0 Å². The lowest BCUT2D eigenvalue weighted by Crippen LogP contribution is -2.56. The fourth-order valence-electron chi connectivity index (χ4n) is 17.1. The van der Waals surface area contributed by atoms with E-state index in [0.717, 1.165) is 74.5 Å². The van der Waals surface area contributed by atoms with E-state index in [1.54, 1.807) is 20.8 Å². The summed E-state index contributed by atoms with van der Waals surface area (Å²) < 4.78 is 294. The van der Waals surface area contributed by atoms with Gasteiger partial charge < -0.3 is 66.7 Å². The van der Waals surface area contributed by atoms with Crippen LogP contribution in [0.25, 0.3) is 0 Å². The minimum atomic E-state index is -4.45. The van der Waals surface area contributed by atoms with E-state index in [0.29, 0.717) is 104 Å². The lowest BCUT2D eigenvalue weighted by atomic mass is 9.91. The topological polar surface area (TPSA) is 301 Å². The second-order valence-corrected chi connectivity index (χ2v) is 36.2. The van der Waals surface area contributed by atoms with Gasteiger partial charge in [-0.05, 0) is 259 Å². The molecule has 8 amide bonds. The normalized spacial score (nSPS) is 21.8. The van der Waals surface area contributed by atoms with Gasteiger partial charge in [-0.3, -0.25) is 33.6 Å². The number of benzene rings is 7. The van der Waals surface area contributed by atoms with Crippen molar-refractivity contribution in [2.75, 3.05) is 47.4 Å². The number of rotatable bonds is 19. The van der Waals surface area contributed by atoms with Crippen LogP contribution in [-0.4, -0.2) is 167 Å². The Balaban J connectivity index is 0.000000176. The molecular formula is C95H94F20N10O12. The van der Waals surface area contributed by atoms with Gasteiger partial charge in [-0.1, -0.05) is 6.58 Å². The van der Waals surface area contributed by atoms with E-state index in [2.05, 4.69) is 43.5 Å². The number of aliphatic hydroxyl groups excluding tert-OH is 3. The SMILES string of the molecule is C=C(N1C2CC[C@@H]1CC(O)C2)C(F)(F)c1cc(C(=O)Nc2cc(C)c(F)c(F)c2)ccc1F.Cc1cc(NC(=O)c2ccc(F)c(C(F)(F)C(=O)N3CCC(O)C(C)(F)C3)c2)cc(F)c1F.Cc1cc(NC(=O)c2ccc(F)c(C(F)(F)C(=O)N3CCC(O)C(C)(F)C3)c2)cc(F)n1.Cc1cc(NC(=O)c2ccc(F)c(C(F)(F)C(=O)NC34CCC(NC(=O)OC(C)(C)C)(CC3)C4)c2)ccc1F. The van der Waals surface area contributed by atoms with Crippen molar-refractivity contribution in [3.63, 3.8) is 0 Å². The predicted molar refractivity (Wildman–Crippen MR) is 458 cm³/mol. The van der Waals surface area contributed by atoms with Gasteiger partial charge in [0.25, 0.3) is 41.4 Å². The Morgan fingerprint density at radius 3 is 1.15 bits per heavy atom. The third kappa shape index (κ3) is 23.8. The highest BCUT2D eigenvalue weighted by atomic mass is 19.3. The molecule has 1 aromatic heterocycles. The molecule has 5 heterocycles. The number of amides is 8. The third-order valence-electron chi connectivity index (χ3n) is 24.3. The third-order valence-corrected chi connectivity index (χ3v) is 24.3. The number of carbonyl (C=O) groups is 8. The number of likely N-dealkylation sites (tertiary alicyclic amines) is 2. The molecule has 14 rings (SSSR count). The molecule has 7 atom stereocenters. The molecule has 4 bridgehead atoms. The molecule has 6 fully saturated rings. The number of aromatic nitrogens is 1. The Kier molecular flexibility index (Phi) is 30.7. The van der Waals surface area contributed by atoms with Crippen LogP contribution in [0.2, 0.25) is 0 Å². The maximum atomic E-state index is 15.4. The highest BCUT2D eigenvalue weighted by Crippen LogP contribution is 2.52. The fraction of sp³-hybridized carbons (Fsp3) is 0.400. The number of hydrogen-bond acceptors (Lipinski definition) is 14. The Bertz CT molecular complexity index is 5950. The molecule has 2 aliphatic carbocycles. The van der Waals surface area contributed by atoms with Gasteiger partial charge in [0.15, 0.2) is 34.6 Å². The van der Waals surface area contributed by atoms with Crippen LogP contribution in [0.1, 0.15) is 191 Å². The zero-order chi connectivity index (χ0) is 101. The molecule has 22 nitrogen and oxygen atoms in total. The summed E-state index contributed by atoms with van der Waals surface area (Å²) in [5.74, 6) is -37.5. The van der Waals surface area contributed by atoms with E-state index in [1.165, 1.54) is 56.9 Å². The quantitative estimate of drug-likeness (QED) is 0.0269. The van der Waals surface area contributed by atoms with Gasteiger partial charge in [0.05, 0.1) is 59.4 Å². The molecule has 0 spiro atoms. The molecule has 42 heteroatoms. The summed E-state index contributed by atoms with van der Waals surface area (Å²) in [6.45, 7) is 13.9. The summed E-state index contributed by atoms with van der Waals surface area (Å²) in [4.78, 5) is 106. The second-order valence-electron chi connectivity index (χ2n) is 36.2. The molecule has 736 valence electrons. The van der Waals surface area contributed by atoms with Crippen molar-refractivity contribution in [1.82, 2.24) is 30.3 Å². The summed E-state index contributed by atoms with van der Waals surface area (Å²) in [5, 5.41) is 43.7. The van der Waals surface area contributed by atoms with Crippen LogP contribution in [0.15, 0.2) is 140 Å². The van der Waals surface area contributed by atoms with Crippen LogP contribution in [0, 0.1) is 86.0 Å². The van der Waals surface area contributed by atoms with Crippen LogP contribution in [-0.2, 0) is 42.8 Å². The Hall–Kier alpha value is -12.7. The van der Waals surface area contributed by atoms with Crippen molar-refractivity contribution in [2.45, 2.75) is 215 Å². The Morgan fingerprint density at radius 1 is 0.431 bits per heavy atom. The average Bonchev–Trinajstić information content (AvgIpc) is 1.59. The number of alkyl halides is 10. The smallest absolute Gasteiger partial charge is 0.408 e. The van der Waals surface area contributed by atoms with E-state index in [1.807, 2.05) is 0 Å². The number of allylic oxidation sites excluding steroid dienone is 1. The average molecular weight is 1950 g/mol. The number of aliphatic hydroxyl groups is 3. The minimum Gasteiger partial charge on any atom is -0.444 e.